The van der Waals surface area contributed by atoms with Crippen molar-refractivity contribution >= 4 is 11.7 Å². The maximum Gasteiger partial charge on any atom is 0.253 e. The number of hydrogen-bond donors (Lipinski definition) is 0. The molecule has 1 fully saturated rings. The van der Waals surface area contributed by atoms with Crippen LogP contribution < -0.4 is 9.64 Å². The van der Waals surface area contributed by atoms with E-state index < -0.39 is 0 Å². The number of rotatable bonds is 6. The van der Waals surface area contributed by atoms with E-state index in [2.05, 4.69) is 15.1 Å². The SMILES string of the molecule is CCOc1ccc(-c2ccc(N3CCN(C(=O)c4ccc(-n5cccc5)cc4)CC3)nn2)cc1. The fourth-order valence-electron chi connectivity index (χ4n) is 4.14. The summed E-state index contributed by atoms with van der Waals surface area (Å²) in [6.07, 6.45) is 3.98. The lowest BCUT2D eigenvalue weighted by Crippen LogP contribution is -2.49. The molecule has 172 valence electrons. The van der Waals surface area contributed by atoms with Gasteiger partial charge in [0, 0.05) is 55.4 Å². The van der Waals surface area contributed by atoms with Gasteiger partial charge in [-0.1, -0.05) is 0 Å². The maximum atomic E-state index is 13.0. The van der Waals surface area contributed by atoms with Crippen molar-refractivity contribution in [3.63, 3.8) is 0 Å². The number of ether oxygens (including phenoxy) is 1. The molecule has 3 heterocycles. The minimum atomic E-state index is 0.0654. The van der Waals surface area contributed by atoms with E-state index in [1.165, 1.54) is 0 Å². The Labute approximate surface area is 199 Å². The second-order valence-corrected chi connectivity index (χ2v) is 8.15. The second kappa shape index (κ2) is 9.79. The first kappa shape index (κ1) is 21.7. The molecule has 2 aromatic carbocycles. The number of aromatic nitrogens is 3. The quantitative estimate of drug-likeness (QED) is 0.436. The number of piperazine rings is 1. The van der Waals surface area contributed by atoms with E-state index in [9.17, 15) is 4.79 Å². The fourth-order valence-corrected chi connectivity index (χ4v) is 4.14. The van der Waals surface area contributed by atoms with Gasteiger partial charge >= 0.3 is 0 Å². The van der Waals surface area contributed by atoms with Crippen LogP contribution in [0, 0.1) is 0 Å². The molecular formula is C27H27N5O2. The summed E-state index contributed by atoms with van der Waals surface area (Å²) in [5.41, 5.74) is 3.58. The summed E-state index contributed by atoms with van der Waals surface area (Å²) in [4.78, 5) is 17.1. The molecule has 1 aliphatic rings. The Morgan fingerprint density at radius 1 is 0.853 bits per heavy atom. The highest BCUT2D eigenvalue weighted by atomic mass is 16.5. The lowest BCUT2D eigenvalue weighted by molar-refractivity contribution is 0.0746. The van der Waals surface area contributed by atoms with Gasteiger partial charge in [-0.2, -0.15) is 0 Å². The number of amides is 1. The summed E-state index contributed by atoms with van der Waals surface area (Å²) in [6.45, 7) is 5.37. The third-order valence-corrected chi connectivity index (χ3v) is 6.02. The van der Waals surface area contributed by atoms with Crippen LogP contribution in [-0.4, -0.2) is 58.4 Å². The molecule has 0 spiro atoms. The van der Waals surface area contributed by atoms with Gasteiger partial charge in [-0.15, -0.1) is 10.2 Å². The molecule has 0 aliphatic carbocycles. The first-order chi connectivity index (χ1) is 16.7. The van der Waals surface area contributed by atoms with Crippen molar-refractivity contribution in [1.29, 1.82) is 0 Å². The van der Waals surface area contributed by atoms with E-state index in [4.69, 9.17) is 4.74 Å². The van der Waals surface area contributed by atoms with Crippen LogP contribution >= 0.6 is 0 Å². The summed E-state index contributed by atoms with van der Waals surface area (Å²) < 4.78 is 7.52. The molecule has 4 aromatic rings. The molecule has 0 bridgehead atoms. The van der Waals surface area contributed by atoms with Gasteiger partial charge in [0.25, 0.3) is 5.91 Å². The largest absolute Gasteiger partial charge is 0.494 e. The minimum Gasteiger partial charge on any atom is -0.494 e. The minimum absolute atomic E-state index is 0.0654. The van der Waals surface area contributed by atoms with Crippen molar-refractivity contribution in [3.05, 3.63) is 90.8 Å². The number of nitrogens with zero attached hydrogens (tertiary/aromatic N) is 5. The van der Waals surface area contributed by atoms with Crippen LogP contribution in [0.4, 0.5) is 5.82 Å². The van der Waals surface area contributed by atoms with Crippen molar-refractivity contribution in [2.45, 2.75) is 6.92 Å². The molecule has 7 heteroatoms. The van der Waals surface area contributed by atoms with Gasteiger partial charge in [0.05, 0.1) is 12.3 Å². The summed E-state index contributed by atoms with van der Waals surface area (Å²) in [5.74, 6) is 1.74. The molecule has 0 unspecified atom stereocenters. The Kier molecular flexibility index (Phi) is 6.25. The molecule has 1 saturated heterocycles. The van der Waals surface area contributed by atoms with Crippen LogP contribution in [-0.2, 0) is 0 Å². The highest BCUT2D eigenvalue weighted by Gasteiger charge is 2.23. The van der Waals surface area contributed by atoms with E-state index in [1.807, 2.05) is 102 Å². The first-order valence-electron chi connectivity index (χ1n) is 11.6. The van der Waals surface area contributed by atoms with Gasteiger partial charge in [-0.3, -0.25) is 4.79 Å². The zero-order valence-corrected chi connectivity index (χ0v) is 19.2. The Morgan fingerprint density at radius 3 is 2.18 bits per heavy atom. The summed E-state index contributed by atoms with van der Waals surface area (Å²) in [5, 5.41) is 8.85. The molecule has 7 nitrogen and oxygen atoms in total. The van der Waals surface area contributed by atoms with Crippen LogP contribution in [0.15, 0.2) is 85.2 Å². The number of carbonyl (C=O) groups excluding carboxylic acids is 1. The van der Waals surface area contributed by atoms with Gasteiger partial charge in [0.2, 0.25) is 0 Å². The van der Waals surface area contributed by atoms with Crippen LogP contribution in [0.2, 0.25) is 0 Å². The number of carbonyl (C=O) groups is 1. The van der Waals surface area contributed by atoms with Gasteiger partial charge in [0.15, 0.2) is 5.82 Å². The zero-order valence-electron chi connectivity index (χ0n) is 19.2. The van der Waals surface area contributed by atoms with Gasteiger partial charge in [-0.25, -0.2) is 0 Å². The normalized spacial score (nSPS) is 13.7. The van der Waals surface area contributed by atoms with E-state index in [0.29, 0.717) is 25.3 Å². The first-order valence-corrected chi connectivity index (χ1v) is 11.6. The third-order valence-electron chi connectivity index (χ3n) is 6.02. The van der Waals surface area contributed by atoms with Gasteiger partial charge < -0.3 is 19.1 Å². The second-order valence-electron chi connectivity index (χ2n) is 8.15. The molecule has 1 aliphatic heterocycles. The average molecular weight is 454 g/mol. The van der Waals surface area contributed by atoms with Crippen LogP contribution in [0.25, 0.3) is 16.9 Å². The van der Waals surface area contributed by atoms with Crippen LogP contribution in [0.1, 0.15) is 17.3 Å². The Balaban J connectivity index is 1.18. The number of hydrogen-bond acceptors (Lipinski definition) is 5. The Morgan fingerprint density at radius 2 is 1.56 bits per heavy atom. The molecule has 0 N–H and O–H groups in total. The van der Waals surface area contributed by atoms with Crippen LogP contribution in [0.3, 0.4) is 0 Å². The zero-order chi connectivity index (χ0) is 23.3. The number of benzene rings is 2. The Bertz CT molecular complexity index is 1210. The standard InChI is InChI=1S/C27H27N5O2/c1-2-34-24-11-7-21(8-12-24)25-13-14-26(29-28-25)31-17-19-32(20-18-31)27(33)22-5-9-23(10-6-22)30-15-3-4-16-30/h3-16H,2,17-20H2,1H3. The van der Waals surface area contributed by atoms with Crippen molar-refractivity contribution in [3.8, 4) is 22.7 Å². The summed E-state index contributed by atoms with van der Waals surface area (Å²) in [7, 11) is 0. The molecule has 1 amide bonds. The van der Waals surface area contributed by atoms with Gasteiger partial charge in [0.1, 0.15) is 5.75 Å². The molecular weight excluding hydrogens is 426 g/mol. The van der Waals surface area contributed by atoms with Gasteiger partial charge in [-0.05, 0) is 79.7 Å². The Hall–Kier alpha value is -4.13. The average Bonchev–Trinajstić information content (AvgIpc) is 3.45. The molecule has 2 aromatic heterocycles. The van der Waals surface area contributed by atoms with E-state index >= 15 is 0 Å². The summed E-state index contributed by atoms with van der Waals surface area (Å²) in [6, 6.07) is 23.6. The van der Waals surface area contributed by atoms with E-state index in [1.54, 1.807) is 0 Å². The number of anilines is 1. The molecule has 0 radical (unpaired) electrons. The molecule has 0 atom stereocenters. The smallest absolute Gasteiger partial charge is 0.253 e. The fraction of sp³-hybridized carbons (Fsp3) is 0.222. The van der Waals surface area contributed by atoms with E-state index in [0.717, 1.165) is 41.6 Å². The molecule has 34 heavy (non-hydrogen) atoms. The predicted octanol–water partition coefficient (Wildman–Crippen LogP) is 4.30. The molecule has 0 saturated carbocycles. The van der Waals surface area contributed by atoms with Crippen molar-refractivity contribution in [2.24, 2.45) is 0 Å². The van der Waals surface area contributed by atoms with Crippen molar-refractivity contribution < 1.29 is 9.53 Å². The van der Waals surface area contributed by atoms with Crippen molar-refractivity contribution in [1.82, 2.24) is 19.7 Å². The molecule has 5 rings (SSSR count). The van der Waals surface area contributed by atoms with Crippen molar-refractivity contribution in [2.75, 3.05) is 37.7 Å². The summed E-state index contributed by atoms with van der Waals surface area (Å²) >= 11 is 0. The topological polar surface area (TPSA) is 63.5 Å². The lowest BCUT2D eigenvalue weighted by Gasteiger charge is -2.35. The highest BCUT2D eigenvalue weighted by molar-refractivity contribution is 5.94. The third kappa shape index (κ3) is 4.64. The monoisotopic (exact) mass is 453 g/mol. The highest BCUT2D eigenvalue weighted by Crippen LogP contribution is 2.22. The lowest BCUT2D eigenvalue weighted by atomic mass is 10.1. The predicted molar refractivity (Wildman–Crippen MR) is 133 cm³/mol. The van der Waals surface area contributed by atoms with E-state index in [-0.39, 0.29) is 5.91 Å². The van der Waals surface area contributed by atoms with Crippen LogP contribution in [0.5, 0.6) is 5.75 Å². The maximum absolute atomic E-state index is 13.0.